The number of hydrogen-bond acceptors (Lipinski definition) is 3. The number of nitrogens with one attached hydrogen (secondary N) is 1. The summed E-state index contributed by atoms with van der Waals surface area (Å²) >= 11 is 0. The summed E-state index contributed by atoms with van der Waals surface area (Å²) in [6.45, 7) is 5.05. The van der Waals surface area contributed by atoms with Gasteiger partial charge < -0.3 is 14.8 Å². The molecule has 0 unspecified atom stereocenters. The van der Waals surface area contributed by atoms with Crippen LogP contribution >= 0.6 is 0 Å². The molecule has 0 aromatic heterocycles. The van der Waals surface area contributed by atoms with Crippen molar-refractivity contribution in [2.75, 3.05) is 13.2 Å². The topological polar surface area (TPSA) is 47.6 Å². The van der Waals surface area contributed by atoms with Crippen LogP contribution in [0.1, 0.15) is 33.1 Å². The molecule has 0 saturated carbocycles. The van der Waals surface area contributed by atoms with Crippen LogP contribution in [0.3, 0.4) is 0 Å². The van der Waals surface area contributed by atoms with E-state index in [-0.39, 0.29) is 18.2 Å². The van der Waals surface area contributed by atoms with Crippen LogP contribution in [-0.2, 0) is 9.47 Å². The van der Waals surface area contributed by atoms with Gasteiger partial charge >= 0.3 is 6.09 Å². The van der Waals surface area contributed by atoms with E-state index < -0.39 is 0 Å². The van der Waals surface area contributed by atoms with Crippen molar-refractivity contribution < 1.29 is 14.3 Å². The summed E-state index contributed by atoms with van der Waals surface area (Å²) in [6.07, 6.45) is 2.76. The van der Waals surface area contributed by atoms with Gasteiger partial charge in [-0.2, -0.15) is 0 Å². The normalized spacial score (nSPS) is 27.0. The van der Waals surface area contributed by atoms with Gasteiger partial charge in [-0.25, -0.2) is 4.79 Å². The molecule has 0 radical (unpaired) electrons. The minimum Gasteiger partial charge on any atom is -0.450 e. The molecular formula is C10H19NO3. The minimum atomic E-state index is -0.311. The van der Waals surface area contributed by atoms with Crippen LogP contribution < -0.4 is 5.32 Å². The lowest BCUT2D eigenvalue weighted by atomic mass is 10.0. The molecule has 1 heterocycles. The number of rotatable bonds is 3. The average Bonchev–Trinajstić information content (AvgIpc) is 2.18. The average molecular weight is 201 g/mol. The van der Waals surface area contributed by atoms with Gasteiger partial charge in [0, 0.05) is 12.6 Å². The maximum Gasteiger partial charge on any atom is 0.407 e. The molecule has 4 heteroatoms. The summed E-state index contributed by atoms with van der Waals surface area (Å²) in [7, 11) is 0. The van der Waals surface area contributed by atoms with Crippen molar-refractivity contribution in [1.82, 2.24) is 5.32 Å². The highest BCUT2D eigenvalue weighted by Gasteiger charge is 2.22. The fourth-order valence-electron chi connectivity index (χ4n) is 1.64. The minimum absolute atomic E-state index is 0.216. The molecule has 82 valence electrons. The Kier molecular flexibility index (Phi) is 4.73. The smallest absolute Gasteiger partial charge is 0.407 e. The zero-order valence-corrected chi connectivity index (χ0v) is 8.91. The Morgan fingerprint density at radius 2 is 2.36 bits per heavy atom. The van der Waals surface area contributed by atoms with Gasteiger partial charge in [-0.3, -0.25) is 0 Å². The molecule has 1 fully saturated rings. The second kappa shape index (κ2) is 5.86. The lowest BCUT2D eigenvalue weighted by Gasteiger charge is -2.29. The highest BCUT2D eigenvalue weighted by atomic mass is 16.5. The van der Waals surface area contributed by atoms with E-state index >= 15 is 0 Å². The van der Waals surface area contributed by atoms with E-state index in [1.165, 1.54) is 0 Å². The monoisotopic (exact) mass is 201 g/mol. The van der Waals surface area contributed by atoms with E-state index in [9.17, 15) is 4.79 Å². The molecule has 4 nitrogen and oxygen atoms in total. The van der Waals surface area contributed by atoms with Gasteiger partial charge in [-0.1, -0.05) is 6.92 Å². The second-order valence-corrected chi connectivity index (χ2v) is 3.49. The van der Waals surface area contributed by atoms with Crippen molar-refractivity contribution in [2.24, 2.45) is 0 Å². The van der Waals surface area contributed by atoms with Crippen molar-refractivity contribution in [3.05, 3.63) is 0 Å². The van der Waals surface area contributed by atoms with Gasteiger partial charge in [0.15, 0.2) is 0 Å². The molecule has 0 aromatic carbocycles. The lowest BCUT2D eigenvalue weighted by molar-refractivity contribution is -0.00000682. The fraction of sp³-hybridized carbons (Fsp3) is 0.900. The number of carbonyl (C=O) groups excluding carboxylic acids is 1. The van der Waals surface area contributed by atoms with Crippen LogP contribution in [0.4, 0.5) is 4.79 Å². The van der Waals surface area contributed by atoms with Crippen molar-refractivity contribution in [2.45, 2.75) is 45.3 Å². The summed E-state index contributed by atoms with van der Waals surface area (Å²) in [5, 5.41) is 2.84. The molecule has 14 heavy (non-hydrogen) atoms. The second-order valence-electron chi connectivity index (χ2n) is 3.49. The van der Waals surface area contributed by atoms with Gasteiger partial charge in [0.25, 0.3) is 0 Å². The maximum atomic E-state index is 11.1. The summed E-state index contributed by atoms with van der Waals surface area (Å²) in [6, 6.07) is 0.216. The van der Waals surface area contributed by atoms with Crippen molar-refractivity contribution in [3.8, 4) is 0 Å². The Labute approximate surface area is 85.0 Å². The standard InChI is InChI=1S/C10H19NO3/c1-3-9-7-8(5-6-14-9)11-10(12)13-4-2/h8-9H,3-7H2,1-2H3,(H,11,12)/t8-,9-/m0/s1. The Morgan fingerprint density at radius 1 is 1.57 bits per heavy atom. The van der Waals surface area contributed by atoms with Gasteiger partial charge in [-0.15, -0.1) is 0 Å². The Hall–Kier alpha value is -0.770. The first kappa shape index (κ1) is 11.3. The van der Waals surface area contributed by atoms with Gasteiger partial charge in [-0.05, 0) is 26.2 Å². The van der Waals surface area contributed by atoms with Gasteiger partial charge in [0.1, 0.15) is 0 Å². The Balaban J connectivity index is 2.26. The number of hydrogen-bond donors (Lipinski definition) is 1. The van der Waals surface area contributed by atoms with E-state index in [1.807, 2.05) is 0 Å². The molecule has 1 aliphatic rings. The van der Waals surface area contributed by atoms with Crippen molar-refractivity contribution in [1.29, 1.82) is 0 Å². The van der Waals surface area contributed by atoms with E-state index in [1.54, 1.807) is 6.92 Å². The first-order valence-corrected chi connectivity index (χ1v) is 5.31. The third-order valence-corrected chi connectivity index (χ3v) is 2.42. The zero-order chi connectivity index (χ0) is 10.4. The Morgan fingerprint density at radius 3 is 3.00 bits per heavy atom. The van der Waals surface area contributed by atoms with Crippen LogP contribution in [-0.4, -0.2) is 31.5 Å². The number of carbonyl (C=O) groups is 1. The van der Waals surface area contributed by atoms with Gasteiger partial charge in [0.2, 0.25) is 0 Å². The van der Waals surface area contributed by atoms with Crippen LogP contribution in [0.15, 0.2) is 0 Å². The largest absolute Gasteiger partial charge is 0.450 e. The third-order valence-electron chi connectivity index (χ3n) is 2.42. The molecule has 1 saturated heterocycles. The SMILES string of the molecule is CCOC(=O)N[C@H]1CCO[C@@H](CC)C1. The number of ether oxygens (including phenoxy) is 2. The first-order valence-electron chi connectivity index (χ1n) is 5.31. The van der Waals surface area contributed by atoms with Crippen LogP contribution in [0, 0.1) is 0 Å². The molecule has 0 aromatic rings. The highest BCUT2D eigenvalue weighted by molar-refractivity contribution is 5.67. The molecule has 1 aliphatic heterocycles. The molecule has 0 bridgehead atoms. The predicted molar refractivity (Wildman–Crippen MR) is 53.2 cm³/mol. The fourth-order valence-corrected chi connectivity index (χ4v) is 1.64. The first-order chi connectivity index (χ1) is 6.76. The number of amides is 1. The highest BCUT2D eigenvalue weighted by Crippen LogP contribution is 2.16. The summed E-state index contributed by atoms with van der Waals surface area (Å²) < 4.78 is 10.3. The van der Waals surface area contributed by atoms with Crippen molar-refractivity contribution in [3.63, 3.8) is 0 Å². The third kappa shape index (κ3) is 3.54. The van der Waals surface area contributed by atoms with E-state index in [0.717, 1.165) is 25.9 Å². The molecule has 1 N–H and O–H groups in total. The van der Waals surface area contributed by atoms with Crippen LogP contribution in [0.2, 0.25) is 0 Å². The van der Waals surface area contributed by atoms with Gasteiger partial charge in [0.05, 0.1) is 12.7 Å². The molecular weight excluding hydrogens is 182 g/mol. The van der Waals surface area contributed by atoms with E-state index in [2.05, 4.69) is 12.2 Å². The van der Waals surface area contributed by atoms with E-state index in [4.69, 9.17) is 9.47 Å². The molecule has 0 spiro atoms. The maximum absolute atomic E-state index is 11.1. The summed E-state index contributed by atoms with van der Waals surface area (Å²) in [4.78, 5) is 11.1. The van der Waals surface area contributed by atoms with Crippen LogP contribution in [0.5, 0.6) is 0 Å². The zero-order valence-electron chi connectivity index (χ0n) is 8.91. The molecule has 2 atom stereocenters. The Bertz CT molecular complexity index is 184. The summed E-state index contributed by atoms with van der Waals surface area (Å²) in [5.74, 6) is 0. The molecule has 0 aliphatic carbocycles. The number of alkyl carbamates (subject to hydrolysis) is 1. The van der Waals surface area contributed by atoms with Crippen LogP contribution in [0.25, 0.3) is 0 Å². The van der Waals surface area contributed by atoms with Crippen molar-refractivity contribution >= 4 is 6.09 Å². The summed E-state index contributed by atoms with van der Waals surface area (Å²) in [5.41, 5.74) is 0. The lowest BCUT2D eigenvalue weighted by Crippen LogP contribution is -2.42. The quantitative estimate of drug-likeness (QED) is 0.755. The molecule has 1 amide bonds. The molecule has 1 rings (SSSR count). The van der Waals surface area contributed by atoms with E-state index in [0.29, 0.717) is 6.61 Å². The predicted octanol–water partition coefficient (Wildman–Crippen LogP) is 1.69.